The van der Waals surface area contributed by atoms with Crippen molar-refractivity contribution in [1.29, 1.82) is 5.26 Å². The molecule has 4 rings (SSSR count). The Bertz CT molecular complexity index is 1660. The molecule has 0 amide bonds. The molecule has 1 aliphatic carbocycles. The molecule has 0 saturated heterocycles. The van der Waals surface area contributed by atoms with Crippen LogP contribution in [0.2, 0.25) is 25.7 Å². The number of aromatic nitrogens is 2. The van der Waals surface area contributed by atoms with Gasteiger partial charge in [-0.25, -0.2) is 8.42 Å². The Hall–Kier alpha value is -3.02. The summed E-state index contributed by atoms with van der Waals surface area (Å²) >= 11 is 0. The average molecular weight is 533 g/mol. The normalized spacial score (nSPS) is 14.2. The first-order valence-electron chi connectivity index (χ1n) is 12.6. The predicted octanol–water partition coefficient (Wildman–Crippen LogP) is 6.08. The van der Waals surface area contributed by atoms with Crippen LogP contribution < -0.4 is 0 Å². The molecule has 0 atom stereocenters. The first-order chi connectivity index (χ1) is 17.1. The smallest absolute Gasteiger partial charge is 0.253 e. The highest BCUT2D eigenvalue weighted by atomic mass is 32.2. The van der Waals surface area contributed by atoms with E-state index in [1.807, 2.05) is 33.2 Å². The van der Waals surface area contributed by atoms with Gasteiger partial charge in [0.2, 0.25) is 0 Å². The Kier molecular flexibility index (Phi) is 6.85. The van der Waals surface area contributed by atoms with Crippen LogP contribution in [-0.2, 0) is 23.5 Å². The highest BCUT2D eigenvalue weighted by molar-refractivity contribution is 7.90. The summed E-state index contributed by atoms with van der Waals surface area (Å²) in [5, 5.41) is 10.7. The molecule has 8 heteroatoms. The number of pyridine rings is 1. The third-order valence-electron chi connectivity index (χ3n) is 7.62. The van der Waals surface area contributed by atoms with Crippen molar-refractivity contribution in [3.63, 3.8) is 0 Å². The van der Waals surface area contributed by atoms with Crippen molar-refractivity contribution < 1.29 is 8.42 Å². The van der Waals surface area contributed by atoms with Crippen LogP contribution in [0.4, 0.5) is 0 Å². The number of allylic oxidation sites excluding steroid dienone is 1. The zero-order valence-corrected chi connectivity index (χ0v) is 25.2. The summed E-state index contributed by atoms with van der Waals surface area (Å²) in [4.78, 5) is 4.72. The highest BCUT2D eigenvalue weighted by Gasteiger charge is 2.29. The number of hydrogen-bond donors (Lipinski definition) is 0. The minimum absolute atomic E-state index is 0.0449. The number of sulfonamides is 1. The molecule has 6 nitrogen and oxygen atoms in total. The summed E-state index contributed by atoms with van der Waals surface area (Å²) in [5.74, 6) is 0.0449. The molecule has 0 aliphatic heterocycles. The Morgan fingerprint density at radius 1 is 1.11 bits per heavy atom. The molecule has 0 saturated carbocycles. The molecule has 0 fully saturated rings. The Morgan fingerprint density at radius 3 is 2.41 bits per heavy atom. The highest BCUT2D eigenvalue weighted by Crippen LogP contribution is 2.36. The Balaban J connectivity index is 2.01. The zero-order chi connectivity index (χ0) is 27.4. The van der Waals surface area contributed by atoms with Crippen molar-refractivity contribution in [2.45, 2.75) is 66.7 Å². The zero-order valence-electron chi connectivity index (χ0n) is 23.4. The van der Waals surface area contributed by atoms with Crippen LogP contribution in [0.1, 0.15) is 50.3 Å². The summed E-state index contributed by atoms with van der Waals surface area (Å²) in [6.45, 7) is 16.6. The number of nitrogens with zero attached hydrogens (tertiary/aromatic N) is 4. The largest absolute Gasteiger partial charge is 0.350 e. The maximum atomic E-state index is 13.5. The predicted molar refractivity (Wildman–Crippen MR) is 156 cm³/mol. The standard InChI is InChI=1S/C29H36N4O2SSi/c1-17-18(2)27(23-10-11-33(6)29(23)19(17)3)28(32-36(34,35)12-13-37(7,8)9)22-14-24-20(4)25(16-30)21(5)31-26(24)15-22/h10-11,14H,12-13,15H2,1-9H3/b32-28-. The number of nitriles is 1. The van der Waals surface area contributed by atoms with Crippen LogP contribution in [-0.4, -0.2) is 37.5 Å². The van der Waals surface area contributed by atoms with Gasteiger partial charge in [0, 0.05) is 44.3 Å². The van der Waals surface area contributed by atoms with Gasteiger partial charge in [-0.05, 0) is 80.6 Å². The van der Waals surface area contributed by atoms with Crippen LogP contribution in [0.15, 0.2) is 22.2 Å². The van der Waals surface area contributed by atoms with Gasteiger partial charge >= 0.3 is 0 Å². The number of aryl methyl sites for hydroxylation is 3. The SMILES string of the molecule is Cc1nc2c(c(C)c1C#N)C=C(/C(=N/S(=O)(=O)CC[Si](C)(C)C)c1c(C)c(C)c(C)c3c1ccn3C)C2. The Labute approximate surface area is 221 Å². The van der Waals surface area contributed by atoms with E-state index >= 15 is 0 Å². The van der Waals surface area contributed by atoms with Crippen LogP contribution >= 0.6 is 0 Å². The van der Waals surface area contributed by atoms with Crippen molar-refractivity contribution in [3.8, 4) is 6.07 Å². The molecule has 3 aromatic rings. The topological polar surface area (TPSA) is 88.1 Å². The maximum Gasteiger partial charge on any atom is 0.253 e. The average Bonchev–Trinajstić information content (AvgIpc) is 3.39. The number of rotatable bonds is 6. The minimum atomic E-state index is -3.72. The third-order valence-corrected chi connectivity index (χ3v) is 10.9. The number of hydrogen-bond acceptors (Lipinski definition) is 4. The number of fused-ring (bicyclic) bond motifs is 2. The summed E-state index contributed by atoms with van der Waals surface area (Å²) < 4.78 is 33.6. The summed E-state index contributed by atoms with van der Waals surface area (Å²) in [5.41, 5.74) is 10.5. The third kappa shape index (κ3) is 4.95. The van der Waals surface area contributed by atoms with E-state index in [0.717, 1.165) is 50.0 Å². The molecule has 37 heavy (non-hydrogen) atoms. The second kappa shape index (κ2) is 9.37. The van der Waals surface area contributed by atoms with E-state index in [9.17, 15) is 13.7 Å². The van der Waals surface area contributed by atoms with E-state index in [2.05, 4.69) is 61.5 Å². The van der Waals surface area contributed by atoms with Gasteiger partial charge in [0.1, 0.15) is 6.07 Å². The van der Waals surface area contributed by atoms with Crippen LogP contribution in [0, 0.1) is 45.9 Å². The lowest BCUT2D eigenvalue weighted by molar-refractivity contribution is 0.599. The second-order valence-corrected chi connectivity index (χ2v) is 18.9. The van der Waals surface area contributed by atoms with Gasteiger partial charge in [0.25, 0.3) is 10.0 Å². The fraction of sp³-hybridized carbons (Fsp3) is 0.414. The molecule has 2 aromatic heterocycles. The van der Waals surface area contributed by atoms with E-state index in [4.69, 9.17) is 4.98 Å². The van der Waals surface area contributed by atoms with Crippen molar-refractivity contribution in [2.75, 3.05) is 5.75 Å². The van der Waals surface area contributed by atoms with E-state index in [1.54, 1.807) is 0 Å². The van der Waals surface area contributed by atoms with E-state index < -0.39 is 18.1 Å². The van der Waals surface area contributed by atoms with E-state index in [1.165, 1.54) is 5.56 Å². The lowest BCUT2D eigenvalue weighted by Gasteiger charge is -2.19. The van der Waals surface area contributed by atoms with Gasteiger partial charge in [-0.15, -0.1) is 0 Å². The van der Waals surface area contributed by atoms with Gasteiger partial charge < -0.3 is 4.57 Å². The van der Waals surface area contributed by atoms with Gasteiger partial charge in [-0.1, -0.05) is 19.6 Å². The van der Waals surface area contributed by atoms with Gasteiger partial charge in [-0.2, -0.15) is 9.66 Å². The molecular weight excluding hydrogens is 496 g/mol. The van der Waals surface area contributed by atoms with Crippen molar-refractivity contribution >= 4 is 40.8 Å². The first kappa shape index (κ1) is 27.0. The van der Waals surface area contributed by atoms with Crippen LogP contribution in [0.25, 0.3) is 17.0 Å². The summed E-state index contributed by atoms with van der Waals surface area (Å²) in [7, 11) is -3.28. The quantitative estimate of drug-likeness (QED) is 0.284. The molecule has 2 heterocycles. The fourth-order valence-corrected chi connectivity index (χ4v) is 9.29. The monoisotopic (exact) mass is 532 g/mol. The van der Waals surface area contributed by atoms with Crippen molar-refractivity contribution in [2.24, 2.45) is 11.4 Å². The van der Waals surface area contributed by atoms with E-state index in [0.29, 0.717) is 29.4 Å². The molecule has 0 radical (unpaired) electrons. The fourth-order valence-electron chi connectivity index (χ4n) is 5.23. The first-order valence-corrected chi connectivity index (χ1v) is 18.0. The van der Waals surface area contributed by atoms with Crippen LogP contribution in [0.5, 0.6) is 0 Å². The Morgan fingerprint density at radius 2 is 1.78 bits per heavy atom. The molecule has 194 valence electrons. The van der Waals surface area contributed by atoms with Crippen molar-refractivity contribution in [3.05, 3.63) is 68.2 Å². The van der Waals surface area contributed by atoms with Gasteiger partial charge in [0.15, 0.2) is 0 Å². The molecule has 0 spiro atoms. The summed E-state index contributed by atoms with van der Waals surface area (Å²) in [6, 6.07) is 4.98. The van der Waals surface area contributed by atoms with Crippen LogP contribution in [0.3, 0.4) is 0 Å². The molecule has 0 unspecified atom stereocenters. The molecule has 1 aliphatic rings. The lowest BCUT2D eigenvalue weighted by Crippen LogP contribution is -2.24. The molecule has 0 bridgehead atoms. The molecule has 1 aromatic carbocycles. The maximum absolute atomic E-state index is 13.5. The lowest BCUT2D eigenvalue weighted by atomic mass is 9.89. The molecule has 0 N–H and O–H groups in total. The summed E-state index contributed by atoms with van der Waals surface area (Å²) in [6.07, 6.45) is 4.49. The minimum Gasteiger partial charge on any atom is -0.350 e. The number of benzene rings is 1. The van der Waals surface area contributed by atoms with Gasteiger partial charge in [-0.3, -0.25) is 4.98 Å². The van der Waals surface area contributed by atoms with Crippen molar-refractivity contribution in [1.82, 2.24) is 9.55 Å². The second-order valence-electron chi connectivity index (χ2n) is 11.5. The molecular formula is C29H36N4O2SSi. The van der Waals surface area contributed by atoms with Gasteiger partial charge in [0.05, 0.1) is 33.9 Å². The van der Waals surface area contributed by atoms with E-state index in [-0.39, 0.29) is 5.75 Å².